The number of phenolic OH excluding ortho intramolecular Hbond substituents is 1. The highest BCUT2D eigenvalue weighted by Crippen LogP contribution is 2.43. The molecule has 5 heteroatoms. The van der Waals surface area contributed by atoms with Crippen molar-refractivity contribution in [2.24, 2.45) is 0 Å². The van der Waals surface area contributed by atoms with Gasteiger partial charge in [0.25, 0.3) is 5.91 Å². The number of fused-ring (bicyclic) bond motifs is 3. The van der Waals surface area contributed by atoms with E-state index in [0.29, 0.717) is 25.8 Å². The number of amides is 3. The summed E-state index contributed by atoms with van der Waals surface area (Å²) in [5, 5.41) is 10.0. The van der Waals surface area contributed by atoms with Crippen molar-refractivity contribution in [2.75, 3.05) is 0 Å². The smallest absolute Gasteiger partial charge is 0.328 e. The third-order valence-electron chi connectivity index (χ3n) is 5.75. The molecule has 2 aromatic carbocycles. The molecule has 126 valence electrons. The Bertz CT molecular complexity index is 865. The molecule has 0 radical (unpaired) electrons. The van der Waals surface area contributed by atoms with Crippen LogP contribution in [0.3, 0.4) is 0 Å². The van der Waals surface area contributed by atoms with E-state index in [9.17, 15) is 14.7 Å². The largest absolute Gasteiger partial charge is 0.508 e. The van der Waals surface area contributed by atoms with Gasteiger partial charge in [-0.2, -0.15) is 0 Å². The van der Waals surface area contributed by atoms with Crippen molar-refractivity contribution in [3.05, 3.63) is 64.7 Å². The van der Waals surface area contributed by atoms with Gasteiger partial charge in [-0.25, -0.2) is 4.79 Å². The van der Waals surface area contributed by atoms with Crippen LogP contribution >= 0.6 is 0 Å². The Morgan fingerprint density at radius 3 is 2.60 bits per heavy atom. The van der Waals surface area contributed by atoms with Crippen LogP contribution in [0.4, 0.5) is 4.79 Å². The molecule has 2 heterocycles. The molecule has 1 saturated heterocycles. The second-order valence-corrected chi connectivity index (χ2v) is 7.01. The van der Waals surface area contributed by atoms with Crippen molar-refractivity contribution in [1.82, 2.24) is 9.80 Å². The van der Waals surface area contributed by atoms with Crippen molar-refractivity contribution in [2.45, 2.75) is 37.9 Å². The van der Waals surface area contributed by atoms with Crippen LogP contribution in [0.1, 0.15) is 34.7 Å². The number of benzene rings is 2. The number of hydrogen-bond acceptors (Lipinski definition) is 3. The minimum absolute atomic E-state index is 0.110. The lowest BCUT2D eigenvalue weighted by molar-refractivity contribution is -0.130. The van der Waals surface area contributed by atoms with E-state index in [1.165, 1.54) is 4.90 Å². The van der Waals surface area contributed by atoms with Gasteiger partial charge in [-0.1, -0.05) is 36.4 Å². The molecule has 3 aliphatic rings. The molecule has 3 amide bonds. The summed E-state index contributed by atoms with van der Waals surface area (Å²) in [6.45, 7) is 0.488. The van der Waals surface area contributed by atoms with Crippen LogP contribution in [0.15, 0.2) is 42.5 Å². The van der Waals surface area contributed by atoms with E-state index >= 15 is 0 Å². The average Bonchev–Trinajstić information content (AvgIpc) is 3.14. The zero-order valence-electron chi connectivity index (χ0n) is 13.7. The van der Waals surface area contributed by atoms with Crippen molar-refractivity contribution >= 4 is 11.9 Å². The van der Waals surface area contributed by atoms with Crippen LogP contribution in [0.2, 0.25) is 0 Å². The predicted octanol–water partition coefficient (Wildman–Crippen LogP) is 2.77. The Morgan fingerprint density at radius 1 is 0.960 bits per heavy atom. The second kappa shape index (κ2) is 5.09. The summed E-state index contributed by atoms with van der Waals surface area (Å²) in [7, 11) is 0. The van der Waals surface area contributed by atoms with Gasteiger partial charge >= 0.3 is 6.03 Å². The number of urea groups is 1. The molecule has 2 atom stereocenters. The molecule has 0 aromatic heterocycles. The maximum atomic E-state index is 13.0. The Morgan fingerprint density at radius 2 is 1.76 bits per heavy atom. The summed E-state index contributed by atoms with van der Waals surface area (Å²) in [5.74, 6) is 0.143. The van der Waals surface area contributed by atoms with Crippen LogP contribution in [0.5, 0.6) is 5.75 Å². The van der Waals surface area contributed by atoms with Gasteiger partial charge in [0.05, 0.1) is 6.04 Å². The first-order valence-electron chi connectivity index (χ1n) is 8.66. The van der Waals surface area contributed by atoms with Crippen LogP contribution in [0, 0.1) is 0 Å². The second-order valence-electron chi connectivity index (χ2n) is 7.01. The number of carbonyl (C=O) groups is 2. The lowest BCUT2D eigenvalue weighted by Gasteiger charge is -2.28. The highest BCUT2D eigenvalue weighted by atomic mass is 16.3. The van der Waals surface area contributed by atoms with Gasteiger partial charge in [0.1, 0.15) is 11.8 Å². The van der Waals surface area contributed by atoms with E-state index < -0.39 is 6.04 Å². The SMILES string of the molecule is O=C1C2Cc3ccccc3CN2C(=O)N1C1CCc2c(O)cccc21. The van der Waals surface area contributed by atoms with E-state index in [0.717, 1.165) is 22.3 Å². The van der Waals surface area contributed by atoms with Gasteiger partial charge in [0.15, 0.2) is 0 Å². The summed E-state index contributed by atoms with van der Waals surface area (Å²) in [6.07, 6.45) is 1.95. The number of imide groups is 1. The minimum atomic E-state index is -0.399. The highest BCUT2D eigenvalue weighted by Gasteiger charge is 2.50. The highest BCUT2D eigenvalue weighted by molar-refractivity contribution is 6.05. The molecule has 0 saturated carbocycles. The van der Waals surface area contributed by atoms with Crippen molar-refractivity contribution in [3.63, 3.8) is 0 Å². The van der Waals surface area contributed by atoms with E-state index in [1.54, 1.807) is 17.0 Å². The van der Waals surface area contributed by atoms with Crippen LogP contribution in [-0.4, -0.2) is 32.9 Å². The first kappa shape index (κ1) is 14.5. The van der Waals surface area contributed by atoms with Crippen molar-refractivity contribution in [1.29, 1.82) is 0 Å². The van der Waals surface area contributed by atoms with E-state index in [1.807, 2.05) is 30.3 Å². The molecule has 1 aliphatic carbocycles. The number of nitrogens with zero attached hydrogens (tertiary/aromatic N) is 2. The monoisotopic (exact) mass is 334 g/mol. The average molecular weight is 334 g/mol. The quantitative estimate of drug-likeness (QED) is 0.816. The third kappa shape index (κ3) is 1.95. The fraction of sp³-hybridized carbons (Fsp3) is 0.300. The van der Waals surface area contributed by atoms with Crippen LogP contribution < -0.4 is 0 Å². The maximum absolute atomic E-state index is 13.0. The molecule has 1 fully saturated rings. The molecule has 2 aliphatic heterocycles. The lowest BCUT2D eigenvalue weighted by atomic mass is 9.95. The zero-order valence-corrected chi connectivity index (χ0v) is 13.7. The molecule has 5 rings (SSSR count). The molecular weight excluding hydrogens is 316 g/mol. The van der Waals surface area contributed by atoms with Crippen LogP contribution in [0.25, 0.3) is 0 Å². The maximum Gasteiger partial charge on any atom is 0.328 e. The summed E-state index contributed by atoms with van der Waals surface area (Å²) >= 11 is 0. The molecule has 2 unspecified atom stereocenters. The summed E-state index contributed by atoms with van der Waals surface area (Å²) < 4.78 is 0. The molecule has 0 bridgehead atoms. The summed E-state index contributed by atoms with van der Waals surface area (Å²) in [4.78, 5) is 29.2. The lowest BCUT2D eigenvalue weighted by Crippen LogP contribution is -2.39. The van der Waals surface area contributed by atoms with E-state index in [-0.39, 0.29) is 23.7 Å². The van der Waals surface area contributed by atoms with Gasteiger partial charge in [-0.15, -0.1) is 0 Å². The fourth-order valence-corrected chi connectivity index (χ4v) is 4.51. The van der Waals surface area contributed by atoms with E-state index in [4.69, 9.17) is 0 Å². The van der Waals surface area contributed by atoms with E-state index in [2.05, 4.69) is 0 Å². The van der Waals surface area contributed by atoms with Crippen LogP contribution in [-0.2, 0) is 24.2 Å². The Kier molecular flexibility index (Phi) is 2.95. The predicted molar refractivity (Wildman–Crippen MR) is 90.9 cm³/mol. The number of rotatable bonds is 1. The standard InChI is InChI=1S/C20H18N2O3/c23-18-7-3-6-14-15(18)8-9-16(14)22-19(24)17-10-12-4-1-2-5-13(12)11-21(17)20(22)25/h1-7,16-17,23H,8-11H2. The summed E-state index contributed by atoms with van der Waals surface area (Å²) in [6, 6.07) is 12.5. The van der Waals surface area contributed by atoms with Gasteiger partial charge in [0.2, 0.25) is 0 Å². The van der Waals surface area contributed by atoms with Gasteiger partial charge in [-0.05, 0) is 41.2 Å². The normalized spacial score (nSPS) is 24.3. The van der Waals surface area contributed by atoms with Gasteiger partial charge in [-0.3, -0.25) is 9.69 Å². The Hall–Kier alpha value is -2.82. The van der Waals surface area contributed by atoms with Gasteiger partial charge < -0.3 is 10.0 Å². The first-order valence-corrected chi connectivity index (χ1v) is 8.66. The molecule has 0 spiro atoms. The Balaban J connectivity index is 1.51. The summed E-state index contributed by atoms with van der Waals surface area (Å²) in [5.41, 5.74) is 4.03. The third-order valence-corrected chi connectivity index (χ3v) is 5.75. The number of hydrogen-bond donors (Lipinski definition) is 1. The Labute approximate surface area is 145 Å². The number of aromatic hydroxyl groups is 1. The molecule has 2 aromatic rings. The topological polar surface area (TPSA) is 60.9 Å². The van der Waals surface area contributed by atoms with Crippen molar-refractivity contribution < 1.29 is 14.7 Å². The van der Waals surface area contributed by atoms with Gasteiger partial charge in [0, 0.05) is 13.0 Å². The molecule has 25 heavy (non-hydrogen) atoms. The number of phenols is 1. The molecular formula is C20H18N2O3. The fourth-order valence-electron chi connectivity index (χ4n) is 4.51. The minimum Gasteiger partial charge on any atom is -0.508 e. The zero-order chi connectivity index (χ0) is 17.1. The number of carbonyl (C=O) groups excluding carboxylic acids is 2. The van der Waals surface area contributed by atoms with Crippen molar-refractivity contribution in [3.8, 4) is 5.75 Å². The first-order chi connectivity index (χ1) is 12.1. The molecule has 1 N–H and O–H groups in total. The molecule has 5 nitrogen and oxygen atoms in total.